The van der Waals surface area contributed by atoms with E-state index in [1.54, 1.807) is 0 Å². The van der Waals surface area contributed by atoms with Gasteiger partial charge in [-0.2, -0.15) is 0 Å². The van der Waals surface area contributed by atoms with Crippen LogP contribution in [0.5, 0.6) is 0 Å². The van der Waals surface area contributed by atoms with E-state index >= 15 is 0 Å². The van der Waals surface area contributed by atoms with Gasteiger partial charge in [0.25, 0.3) is 0 Å². The molecule has 1 aromatic carbocycles. The minimum Gasteiger partial charge on any atom is -0.325 e. The second-order valence-electron chi connectivity index (χ2n) is 6.04. The number of halogens is 1. The largest absolute Gasteiger partial charge is 0.325 e. The Morgan fingerprint density at radius 3 is 2.58 bits per heavy atom. The number of rotatable bonds is 6. The van der Waals surface area contributed by atoms with Crippen molar-refractivity contribution < 1.29 is 14.0 Å². The van der Waals surface area contributed by atoms with Gasteiger partial charge in [0.1, 0.15) is 5.82 Å². The molecule has 2 aromatic rings. The van der Waals surface area contributed by atoms with Gasteiger partial charge in [-0.25, -0.2) is 4.39 Å². The molecule has 2 N–H and O–H groups in total. The number of thioether (sulfide) groups is 1. The van der Waals surface area contributed by atoms with Gasteiger partial charge < -0.3 is 10.6 Å². The number of hydrogen-bond donors (Lipinski definition) is 2. The van der Waals surface area contributed by atoms with Gasteiger partial charge in [-0.15, -0.1) is 10.2 Å². The molecule has 0 unspecified atom stereocenters. The van der Waals surface area contributed by atoms with Crippen LogP contribution in [0.1, 0.15) is 32.1 Å². The molecular weight excluding hydrogens is 375 g/mol. The van der Waals surface area contributed by atoms with Crippen molar-refractivity contribution >= 4 is 45.7 Å². The number of aromatic nitrogens is 2. The number of nitrogens with one attached hydrogen (secondary N) is 2. The summed E-state index contributed by atoms with van der Waals surface area (Å²) in [7, 11) is 0. The normalized spacial score (nSPS) is 14.8. The lowest BCUT2D eigenvalue weighted by atomic mass is 9.89. The van der Waals surface area contributed by atoms with Crippen molar-refractivity contribution in [3.8, 4) is 0 Å². The zero-order valence-corrected chi connectivity index (χ0v) is 15.7. The minimum atomic E-state index is -0.353. The number of amides is 2. The molecule has 1 aromatic heterocycles. The fourth-order valence-electron chi connectivity index (χ4n) is 2.75. The molecule has 1 aliphatic rings. The molecule has 1 heterocycles. The molecule has 0 saturated heterocycles. The summed E-state index contributed by atoms with van der Waals surface area (Å²) >= 11 is 2.50. The summed E-state index contributed by atoms with van der Waals surface area (Å²) in [6.45, 7) is 0. The molecule has 1 aliphatic carbocycles. The van der Waals surface area contributed by atoms with Crippen molar-refractivity contribution in [2.75, 3.05) is 16.4 Å². The van der Waals surface area contributed by atoms with E-state index in [0.29, 0.717) is 15.2 Å². The first kappa shape index (κ1) is 18.8. The number of carbonyl (C=O) groups excluding carboxylic acids is 2. The van der Waals surface area contributed by atoms with Crippen LogP contribution < -0.4 is 10.6 Å². The molecule has 3 rings (SSSR count). The van der Waals surface area contributed by atoms with E-state index < -0.39 is 0 Å². The Hall–Kier alpha value is -2.00. The van der Waals surface area contributed by atoms with Crippen LogP contribution in [0.3, 0.4) is 0 Å². The van der Waals surface area contributed by atoms with Crippen LogP contribution in [0, 0.1) is 11.7 Å². The Balaban J connectivity index is 1.45. The summed E-state index contributed by atoms with van der Waals surface area (Å²) in [5, 5.41) is 13.9. The SMILES string of the molecule is O=C(CSc1nnc(NC(=O)C2CCCCC2)s1)Nc1ccc(F)cc1. The highest BCUT2D eigenvalue weighted by molar-refractivity contribution is 8.01. The maximum absolute atomic E-state index is 12.8. The number of benzene rings is 1. The third-order valence-corrected chi connectivity index (χ3v) is 6.04. The lowest BCUT2D eigenvalue weighted by Gasteiger charge is -2.19. The molecule has 6 nitrogen and oxygen atoms in total. The number of hydrogen-bond acceptors (Lipinski definition) is 6. The molecule has 0 atom stereocenters. The highest BCUT2D eigenvalue weighted by Gasteiger charge is 2.22. The first-order valence-corrected chi connectivity index (χ1v) is 10.2. The summed E-state index contributed by atoms with van der Waals surface area (Å²) in [6.07, 6.45) is 5.24. The molecule has 0 radical (unpaired) electrons. The summed E-state index contributed by atoms with van der Waals surface area (Å²) in [4.78, 5) is 24.1. The predicted molar refractivity (Wildman–Crippen MR) is 101 cm³/mol. The van der Waals surface area contributed by atoms with Crippen LogP contribution in [0.4, 0.5) is 15.2 Å². The molecule has 0 bridgehead atoms. The topological polar surface area (TPSA) is 84.0 Å². The lowest BCUT2D eigenvalue weighted by molar-refractivity contribution is -0.120. The van der Waals surface area contributed by atoms with Gasteiger partial charge in [0.15, 0.2) is 4.34 Å². The van der Waals surface area contributed by atoms with Crippen molar-refractivity contribution in [2.24, 2.45) is 5.92 Å². The maximum Gasteiger partial charge on any atom is 0.234 e. The average Bonchev–Trinajstić information content (AvgIpc) is 3.10. The molecule has 26 heavy (non-hydrogen) atoms. The minimum absolute atomic E-state index is 0.00597. The number of nitrogens with zero attached hydrogens (tertiary/aromatic N) is 2. The van der Waals surface area contributed by atoms with Gasteiger partial charge in [0.05, 0.1) is 5.75 Å². The molecule has 0 aliphatic heterocycles. The number of anilines is 2. The van der Waals surface area contributed by atoms with Crippen LogP contribution >= 0.6 is 23.1 Å². The van der Waals surface area contributed by atoms with Crippen LogP contribution in [0.25, 0.3) is 0 Å². The lowest BCUT2D eigenvalue weighted by Crippen LogP contribution is -2.24. The molecular formula is C17H19FN4O2S2. The second-order valence-corrected chi connectivity index (χ2v) is 8.24. The van der Waals surface area contributed by atoms with Crippen LogP contribution in [-0.4, -0.2) is 27.8 Å². The Bertz CT molecular complexity index is 760. The second kappa shape index (κ2) is 9.09. The Morgan fingerprint density at radius 1 is 1.12 bits per heavy atom. The first-order valence-electron chi connectivity index (χ1n) is 8.43. The highest BCUT2D eigenvalue weighted by atomic mass is 32.2. The Kier molecular flexibility index (Phi) is 6.56. The third kappa shape index (κ3) is 5.50. The smallest absolute Gasteiger partial charge is 0.234 e. The zero-order chi connectivity index (χ0) is 18.4. The van der Waals surface area contributed by atoms with E-state index in [1.165, 1.54) is 53.8 Å². The third-order valence-electron chi connectivity index (χ3n) is 4.07. The van der Waals surface area contributed by atoms with E-state index in [4.69, 9.17) is 0 Å². The monoisotopic (exact) mass is 394 g/mol. The number of carbonyl (C=O) groups is 2. The van der Waals surface area contributed by atoms with Crippen molar-refractivity contribution in [3.63, 3.8) is 0 Å². The van der Waals surface area contributed by atoms with Crippen LogP contribution in [-0.2, 0) is 9.59 Å². The van der Waals surface area contributed by atoms with Gasteiger partial charge in [0, 0.05) is 11.6 Å². The standard InChI is InChI=1S/C17H19FN4O2S2/c18-12-6-8-13(9-7-12)19-14(23)10-25-17-22-21-16(26-17)20-15(24)11-4-2-1-3-5-11/h6-9,11H,1-5,10H2,(H,19,23)(H,20,21,24). The average molecular weight is 394 g/mol. The molecule has 0 spiro atoms. The predicted octanol–water partition coefficient (Wildman–Crippen LogP) is 3.93. The highest BCUT2D eigenvalue weighted by Crippen LogP contribution is 2.28. The van der Waals surface area contributed by atoms with E-state index in [9.17, 15) is 14.0 Å². The molecule has 9 heteroatoms. The van der Waals surface area contributed by atoms with E-state index in [0.717, 1.165) is 25.7 Å². The maximum atomic E-state index is 12.8. The molecule has 2 amide bonds. The zero-order valence-electron chi connectivity index (χ0n) is 14.0. The van der Waals surface area contributed by atoms with Crippen molar-refractivity contribution in [3.05, 3.63) is 30.1 Å². The fourth-order valence-corrected chi connectivity index (χ4v) is 4.30. The van der Waals surface area contributed by atoms with Gasteiger partial charge in [0.2, 0.25) is 16.9 Å². The van der Waals surface area contributed by atoms with Crippen molar-refractivity contribution in [1.82, 2.24) is 10.2 Å². The van der Waals surface area contributed by atoms with Crippen molar-refractivity contribution in [2.45, 2.75) is 36.4 Å². The van der Waals surface area contributed by atoms with Gasteiger partial charge in [-0.1, -0.05) is 42.4 Å². The Morgan fingerprint density at radius 2 is 1.85 bits per heavy atom. The quantitative estimate of drug-likeness (QED) is 0.573. The van der Waals surface area contributed by atoms with E-state index in [1.807, 2.05) is 0 Å². The summed E-state index contributed by atoms with van der Waals surface area (Å²) in [6, 6.07) is 5.58. The Labute approximate surface area is 159 Å². The van der Waals surface area contributed by atoms with Crippen LogP contribution in [0.2, 0.25) is 0 Å². The van der Waals surface area contributed by atoms with Crippen molar-refractivity contribution in [1.29, 1.82) is 0 Å². The summed E-state index contributed by atoms with van der Waals surface area (Å²) in [5.74, 6) is -0.349. The van der Waals surface area contributed by atoms with Gasteiger partial charge >= 0.3 is 0 Å². The molecule has 138 valence electrons. The van der Waals surface area contributed by atoms with Gasteiger partial charge in [-0.05, 0) is 37.1 Å². The molecule has 1 fully saturated rings. The van der Waals surface area contributed by atoms with E-state index in [-0.39, 0.29) is 29.3 Å². The summed E-state index contributed by atoms with van der Waals surface area (Å²) in [5.41, 5.74) is 0.537. The van der Waals surface area contributed by atoms with E-state index in [2.05, 4.69) is 20.8 Å². The summed E-state index contributed by atoms with van der Waals surface area (Å²) < 4.78 is 13.5. The fraction of sp³-hybridized carbons (Fsp3) is 0.412. The van der Waals surface area contributed by atoms with Gasteiger partial charge in [-0.3, -0.25) is 9.59 Å². The van der Waals surface area contributed by atoms with Crippen LogP contribution in [0.15, 0.2) is 28.6 Å². The first-order chi connectivity index (χ1) is 12.6. The molecule has 1 saturated carbocycles.